The van der Waals surface area contributed by atoms with Gasteiger partial charge in [0.15, 0.2) is 5.58 Å². The summed E-state index contributed by atoms with van der Waals surface area (Å²) in [5.74, 6) is -0.451. The van der Waals surface area contributed by atoms with Crippen molar-refractivity contribution in [2.75, 3.05) is 0 Å². The Kier molecular flexibility index (Phi) is 2.18. The van der Waals surface area contributed by atoms with Crippen LogP contribution in [0.25, 0.3) is 11.1 Å². The predicted octanol–water partition coefficient (Wildman–Crippen LogP) is 1.25. The molecule has 2 rings (SSSR count). The van der Waals surface area contributed by atoms with Crippen molar-refractivity contribution in [3.05, 3.63) is 34.3 Å². The fourth-order valence-corrected chi connectivity index (χ4v) is 1.38. The van der Waals surface area contributed by atoms with Gasteiger partial charge >= 0.3 is 5.76 Å². The van der Waals surface area contributed by atoms with E-state index in [9.17, 15) is 9.59 Å². The van der Waals surface area contributed by atoms with Crippen molar-refractivity contribution in [1.82, 2.24) is 4.98 Å². The minimum Gasteiger partial charge on any atom is -0.408 e. The third-order valence-electron chi connectivity index (χ3n) is 2.03. The number of aldehydes is 1. The van der Waals surface area contributed by atoms with E-state index in [2.05, 4.69) is 4.98 Å². The lowest BCUT2D eigenvalue weighted by molar-refractivity contribution is -0.107. The number of fused-ring (bicyclic) bond motifs is 1. The number of carbonyl (C=O) groups is 1. The molecular weight excluding hydrogens is 182 g/mol. The molecule has 0 aliphatic carbocycles. The second-order valence-electron chi connectivity index (χ2n) is 3.05. The number of aryl methyl sites for hydroxylation is 1. The molecule has 4 heteroatoms. The molecule has 0 saturated carbocycles. The van der Waals surface area contributed by atoms with Crippen molar-refractivity contribution in [1.29, 1.82) is 0 Å². The van der Waals surface area contributed by atoms with Gasteiger partial charge in [-0.2, -0.15) is 0 Å². The van der Waals surface area contributed by atoms with E-state index in [0.29, 0.717) is 23.9 Å². The molecule has 1 heterocycles. The largest absolute Gasteiger partial charge is 0.417 e. The summed E-state index contributed by atoms with van der Waals surface area (Å²) < 4.78 is 4.85. The fourth-order valence-electron chi connectivity index (χ4n) is 1.38. The molecule has 0 radical (unpaired) electrons. The standard InChI is InChI=1S/C10H9NO3/c12-5-1-2-7-3-4-9-8(6-7)11-10(13)14-9/h3-6H,1-2H2,(H,11,13). The van der Waals surface area contributed by atoms with Gasteiger partial charge in [0.25, 0.3) is 0 Å². The zero-order valence-electron chi connectivity index (χ0n) is 7.45. The Bertz CT molecular complexity index is 509. The average molecular weight is 191 g/mol. The highest BCUT2D eigenvalue weighted by Crippen LogP contribution is 2.12. The molecule has 0 spiro atoms. The summed E-state index contributed by atoms with van der Waals surface area (Å²) in [5.41, 5.74) is 2.24. The van der Waals surface area contributed by atoms with Gasteiger partial charge in [0.1, 0.15) is 6.29 Å². The van der Waals surface area contributed by atoms with Crippen LogP contribution < -0.4 is 5.76 Å². The van der Waals surface area contributed by atoms with Gasteiger partial charge in [0.05, 0.1) is 5.52 Å². The van der Waals surface area contributed by atoms with E-state index in [0.717, 1.165) is 11.8 Å². The van der Waals surface area contributed by atoms with Crippen molar-refractivity contribution < 1.29 is 9.21 Å². The van der Waals surface area contributed by atoms with Crippen molar-refractivity contribution >= 4 is 17.4 Å². The lowest BCUT2D eigenvalue weighted by atomic mass is 10.1. The number of carbonyl (C=O) groups excluding carboxylic acids is 1. The Morgan fingerprint density at radius 3 is 3.07 bits per heavy atom. The van der Waals surface area contributed by atoms with Crippen molar-refractivity contribution in [3.8, 4) is 0 Å². The van der Waals surface area contributed by atoms with E-state index in [-0.39, 0.29) is 0 Å². The van der Waals surface area contributed by atoms with Crippen LogP contribution in [0.5, 0.6) is 0 Å². The van der Waals surface area contributed by atoms with Crippen LogP contribution in [0.3, 0.4) is 0 Å². The van der Waals surface area contributed by atoms with Crippen LogP contribution >= 0.6 is 0 Å². The van der Waals surface area contributed by atoms with Gasteiger partial charge in [-0.1, -0.05) is 6.07 Å². The van der Waals surface area contributed by atoms with Crippen molar-refractivity contribution in [3.63, 3.8) is 0 Å². The van der Waals surface area contributed by atoms with E-state index in [1.807, 2.05) is 12.1 Å². The molecule has 0 saturated heterocycles. The first-order valence-electron chi connectivity index (χ1n) is 4.35. The first-order chi connectivity index (χ1) is 6.79. The van der Waals surface area contributed by atoms with Gasteiger partial charge in [-0.3, -0.25) is 4.98 Å². The highest BCUT2D eigenvalue weighted by Gasteiger charge is 2.01. The maximum atomic E-state index is 10.8. The van der Waals surface area contributed by atoms with E-state index in [1.54, 1.807) is 6.07 Å². The van der Waals surface area contributed by atoms with Gasteiger partial charge < -0.3 is 9.21 Å². The molecule has 0 aliphatic rings. The molecule has 14 heavy (non-hydrogen) atoms. The molecule has 0 fully saturated rings. The third-order valence-corrected chi connectivity index (χ3v) is 2.03. The number of benzene rings is 1. The lowest BCUT2D eigenvalue weighted by Gasteiger charge is -1.95. The highest BCUT2D eigenvalue weighted by atomic mass is 16.4. The number of nitrogens with one attached hydrogen (secondary N) is 1. The van der Waals surface area contributed by atoms with Crippen LogP contribution in [-0.4, -0.2) is 11.3 Å². The molecule has 0 bridgehead atoms. The Hall–Kier alpha value is -1.84. The highest BCUT2D eigenvalue weighted by molar-refractivity contribution is 5.72. The minimum absolute atomic E-state index is 0.451. The number of aromatic amines is 1. The summed E-state index contributed by atoms with van der Waals surface area (Å²) in [5, 5.41) is 0. The summed E-state index contributed by atoms with van der Waals surface area (Å²) in [7, 11) is 0. The van der Waals surface area contributed by atoms with E-state index in [4.69, 9.17) is 4.42 Å². The van der Waals surface area contributed by atoms with Crippen LogP contribution in [0.4, 0.5) is 0 Å². The van der Waals surface area contributed by atoms with Crippen molar-refractivity contribution in [2.24, 2.45) is 0 Å². The molecular formula is C10H9NO3. The second-order valence-corrected chi connectivity index (χ2v) is 3.05. The van der Waals surface area contributed by atoms with E-state index < -0.39 is 5.76 Å². The lowest BCUT2D eigenvalue weighted by Crippen LogP contribution is -1.93. The van der Waals surface area contributed by atoms with E-state index in [1.165, 1.54) is 0 Å². The Balaban J connectivity index is 2.40. The number of oxazole rings is 1. The topological polar surface area (TPSA) is 63.1 Å². The number of H-pyrrole nitrogens is 1. The summed E-state index contributed by atoms with van der Waals surface area (Å²) >= 11 is 0. The minimum atomic E-state index is -0.451. The molecule has 72 valence electrons. The molecule has 2 aromatic rings. The average Bonchev–Trinajstić information content (AvgIpc) is 2.54. The molecule has 1 aromatic heterocycles. The first kappa shape index (κ1) is 8.74. The number of rotatable bonds is 3. The Labute approximate surface area is 79.5 Å². The Morgan fingerprint density at radius 2 is 2.29 bits per heavy atom. The van der Waals surface area contributed by atoms with Crippen LogP contribution in [0.15, 0.2) is 27.4 Å². The van der Waals surface area contributed by atoms with E-state index >= 15 is 0 Å². The van der Waals surface area contributed by atoms with Crippen LogP contribution in [0.2, 0.25) is 0 Å². The second kappa shape index (κ2) is 3.49. The molecule has 0 amide bonds. The van der Waals surface area contributed by atoms with Crippen molar-refractivity contribution in [2.45, 2.75) is 12.8 Å². The Morgan fingerprint density at radius 1 is 1.43 bits per heavy atom. The monoisotopic (exact) mass is 191 g/mol. The number of hydrogen-bond acceptors (Lipinski definition) is 3. The molecule has 0 unspecified atom stereocenters. The maximum absolute atomic E-state index is 10.8. The zero-order chi connectivity index (χ0) is 9.97. The van der Waals surface area contributed by atoms with Crippen LogP contribution in [0, 0.1) is 0 Å². The molecule has 4 nitrogen and oxygen atoms in total. The van der Waals surface area contributed by atoms with Crippen LogP contribution in [-0.2, 0) is 11.2 Å². The summed E-state index contributed by atoms with van der Waals surface area (Å²) in [4.78, 5) is 23.6. The smallest absolute Gasteiger partial charge is 0.408 e. The number of hydrogen-bond donors (Lipinski definition) is 1. The van der Waals surface area contributed by atoms with Gasteiger partial charge in [0, 0.05) is 6.42 Å². The summed E-state index contributed by atoms with van der Waals surface area (Å²) in [6.07, 6.45) is 2.06. The predicted molar refractivity (Wildman–Crippen MR) is 51.2 cm³/mol. The summed E-state index contributed by atoms with van der Waals surface area (Å²) in [6, 6.07) is 5.40. The molecule has 1 aromatic carbocycles. The van der Waals surface area contributed by atoms with Gasteiger partial charge in [-0.15, -0.1) is 0 Å². The first-order valence-corrected chi connectivity index (χ1v) is 4.35. The maximum Gasteiger partial charge on any atom is 0.417 e. The molecule has 0 atom stereocenters. The molecule has 1 N–H and O–H groups in total. The SMILES string of the molecule is O=CCCc1ccc2oc(=O)[nH]c2c1. The van der Waals surface area contributed by atoms with Gasteiger partial charge in [-0.05, 0) is 24.1 Å². The fraction of sp³-hybridized carbons (Fsp3) is 0.200. The third kappa shape index (κ3) is 1.59. The normalized spacial score (nSPS) is 10.6. The molecule has 0 aliphatic heterocycles. The quantitative estimate of drug-likeness (QED) is 0.742. The van der Waals surface area contributed by atoms with Crippen LogP contribution in [0.1, 0.15) is 12.0 Å². The summed E-state index contributed by atoms with van der Waals surface area (Å²) in [6.45, 7) is 0. The van der Waals surface area contributed by atoms with Gasteiger partial charge in [0.2, 0.25) is 0 Å². The number of aromatic nitrogens is 1. The zero-order valence-corrected chi connectivity index (χ0v) is 7.45. The van der Waals surface area contributed by atoms with Gasteiger partial charge in [-0.25, -0.2) is 4.79 Å².